The highest BCUT2D eigenvalue weighted by atomic mass is 16.6. The van der Waals surface area contributed by atoms with Gasteiger partial charge in [-0.25, -0.2) is 0 Å². The van der Waals surface area contributed by atoms with Gasteiger partial charge in [0.25, 0.3) is 0 Å². The lowest BCUT2D eigenvalue weighted by molar-refractivity contribution is -0.0140. The van der Waals surface area contributed by atoms with Gasteiger partial charge in [-0.15, -0.1) is 0 Å². The average molecular weight is 749 g/mol. The largest absolute Gasteiger partial charge is 0.382 e. The first kappa shape index (κ1) is 58.5. The third kappa shape index (κ3) is 74.8. The molecule has 0 bridgehead atoms. The van der Waals surface area contributed by atoms with Crippen LogP contribution in [0.2, 0.25) is 0 Å². The lowest BCUT2D eigenvalue weighted by Crippen LogP contribution is -2.13. The van der Waals surface area contributed by atoms with E-state index in [0.717, 1.165) is 6.61 Å². The quantitative estimate of drug-likeness (QED) is 0.0582. The van der Waals surface area contributed by atoms with Gasteiger partial charge < -0.3 is 28.4 Å². The molecule has 0 aromatic carbocycles. The smallest absolute Gasteiger partial charge is 0.0701 e. The van der Waals surface area contributed by atoms with Crippen LogP contribution in [0, 0.1) is 0 Å². The second kappa shape index (κ2) is 65.6. The van der Waals surface area contributed by atoms with E-state index in [1.54, 1.807) is 7.11 Å². The molecule has 0 aliphatic rings. The van der Waals surface area contributed by atoms with Gasteiger partial charge in [-0.2, -0.15) is 0 Å². The summed E-state index contributed by atoms with van der Waals surface area (Å²) in [5.41, 5.74) is 0. The molecule has 0 aromatic heterocycles. The van der Waals surface area contributed by atoms with Crippen LogP contribution in [0.15, 0.2) is 0 Å². The zero-order valence-electron chi connectivity index (χ0n) is 37.3. The zero-order chi connectivity index (χ0) is 39.1. The van der Waals surface area contributed by atoms with Gasteiger partial charge in [-0.05, 0) is 6.92 Å². The second-order valence-electron chi connectivity index (χ2n) is 14.1. The SMILES string of the molecule is CCCCCCC.CCCCCCC.CCCCCCCCCCCCCCCCCCC.CCOCCOCCOCCOCCOCCOC. The molecule has 0 amide bonds. The summed E-state index contributed by atoms with van der Waals surface area (Å²) in [5, 5.41) is 0. The molecule has 0 saturated carbocycles. The molecule has 0 aliphatic carbocycles. The Morgan fingerprint density at radius 1 is 0.212 bits per heavy atom. The number of hydrogen-bond donors (Lipinski definition) is 0. The molecular weight excluding hydrogens is 649 g/mol. The van der Waals surface area contributed by atoms with E-state index in [-0.39, 0.29) is 0 Å². The summed E-state index contributed by atoms with van der Waals surface area (Å²) in [5.74, 6) is 0. The normalized spacial score (nSPS) is 10.6. The van der Waals surface area contributed by atoms with Gasteiger partial charge in [-0.1, -0.05) is 215 Å². The number of methoxy groups -OCH3 is 1. The van der Waals surface area contributed by atoms with Crippen molar-refractivity contribution in [1.82, 2.24) is 0 Å². The Morgan fingerprint density at radius 2 is 0.385 bits per heavy atom. The van der Waals surface area contributed by atoms with E-state index in [0.29, 0.717) is 66.1 Å². The molecular formula is C46H100O6. The highest BCUT2D eigenvalue weighted by Crippen LogP contribution is 2.14. The molecule has 0 saturated heterocycles. The van der Waals surface area contributed by atoms with Gasteiger partial charge in [-0.3, -0.25) is 0 Å². The summed E-state index contributed by atoms with van der Waals surface area (Å²) in [6, 6.07) is 0. The Hall–Kier alpha value is -0.240. The lowest BCUT2D eigenvalue weighted by Gasteiger charge is -2.07. The Labute approximate surface area is 329 Å². The standard InChI is InChI=1S/C19H40.C13H28O6.2C7H16/c1-3-5-7-9-11-13-15-17-19-18-16-14-12-10-8-6-4-2;1-3-15-6-7-17-10-11-19-13-12-18-9-8-16-5-4-14-2;2*1-3-5-7-6-4-2/h3-19H2,1-2H3;3-13H2,1-2H3;2*3-7H2,1-2H3. The number of rotatable bonds is 40. The maximum Gasteiger partial charge on any atom is 0.0701 e. The van der Waals surface area contributed by atoms with Gasteiger partial charge in [0.1, 0.15) is 0 Å². The third-order valence-electron chi connectivity index (χ3n) is 8.75. The molecule has 0 fully saturated rings. The number of ether oxygens (including phenoxy) is 6. The van der Waals surface area contributed by atoms with Crippen LogP contribution in [-0.2, 0) is 28.4 Å². The van der Waals surface area contributed by atoms with Gasteiger partial charge in [0.15, 0.2) is 0 Å². The van der Waals surface area contributed by atoms with Crippen molar-refractivity contribution in [2.45, 2.75) is 222 Å². The molecule has 6 nitrogen and oxygen atoms in total. The minimum absolute atomic E-state index is 0.576. The Balaban J connectivity index is -0.000000326. The first-order chi connectivity index (χ1) is 25.7. The maximum absolute atomic E-state index is 5.33. The highest BCUT2D eigenvalue weighted by Gasteiger charge is 1.95. The van der Waals surface area contributed by atoms with Gasteiger partial charge >= 0.3 is 0 Å². The van der Waals surface area contributed by atoms with E-state index in [1.165, 1.54) is 173 Å². The summed E-state index contributed by atoms with van der Waals surface area (Å²) in [4.78, 5) is 0. The predicted molar refractivity (Wildman–Crippen MR) is 230 cm³/mol. The average Bonchev–Trinajstić information content (AvgIpc) is 3.16. The molecule has 0 atom stereocenters. The lowest BCUT2D eigenvalue weighted by atomic mass is 10.0. The van der Waals surface area contributed by atoms with Crippen molar-refractivity contribution in [3.63, 3.8) is 0 Å². The molecule has 0 rings (SSSR count). The van der Waals surface area contributed by atoms with Crippen LogP contribution in [-0.4, -0.2) is 79.8 Å². The first-order valence-electron chi connectivity index (χ1n) is 23.0. The van der Waals surface area contributed by atoms with Crippen LogP contribution < -0.4 is 0 Å². The summed E-state index contributed by atoms with van der Waals surface area (Å²) < 4.78 is 31.2. The van der Waals surface area contributed by atoms with Crippen molar-refractivity contribution in [2.24, 2.45) is 0 Å². The van der Waals surface area contributed by atoms with E-state index < -0.39 is 0 Å². The minimum Gasteiger partial charge on any atom is -0.382 e. The molecule has 52 heavy (non-hydrogen) atoms. The molecule has 0 unspecified atom stereocenters. The monoisotopic (exact) mass is 749 g/mol. The number of hydrogen-bond acceptors (Lipinski definition) is 6. The van der Waals surface area contributed by atoms with E-state index in [1.807, 2.05) is 6.92 Å². The molecule has 320 valence electrons. The summed E-state index contributed by atoms with van der Waals surface area (Å²) in [7, 11) is 1.65. The van der Waals surface area contributed by atoms with Gasteiger partial charge in [0, 0.05) is 13.7 Å². The van der Waals surface area contributed by atoms with Gasteiger partial charge in [0.05, 0.1) is 66.1 Å². The van der Waals surface area contributed by atoms with Crippen molar-refractivity contribution in [3.8, 4) is 0 Å². The Kier molecular flexibility index (Phi) is 73.8. The van der Waals surface area contributed by atoms with E-state index in [9.17, 15) is 0 Å². The molecule has 0 aromatic rings. The molecule has 0 heterocycles. The number of unbranched alkanes of at least 4 members (excludes halogenated alkanes) is 24. The molecule has 0 spiro atoms. The molecule has 0 N–H and O–H groups in total. The Bertz CT molecular complexity index is 423. The van der Waals surface area contributed by atoms with Crippen LogP contribution in [0.25, 0.3) is 0 Å². The minimum atomic E-state index is 0.576. The van der Waals surface area contributed by atoms with Crippen LogP contribution >= 0.6 is 0 Å². The molecule has 6 heteroatoms. The third-order valence-corrected chi connectivity index (χ3v) is 8.75. The molecule has 0 aliphatic heterocycles. The Morgan fingerprint density at radius 3 is 0.577 bits per heavy atom. The topological polar surface area (TPSA) is 55.4 Å². The fourth-order valence-electron chi connectivity index (χ4n) is 5.32. The van der Waals surface area contributed by atoms with Crippen LogP contribution in [0.5, 0.6) is 0 Å². The zero-order valence-corrected chi connectivity index (χ0v) is 37.3. The summed E-state index contributed by atoms with van der Waals surface area (Å²) in [6.45, 7) is 22.2. The van der Waals surface area contributed by atoms with Crippen LogP contribution in [0.1, 0.15) is 222 Å². The first-order valence-corrected chi connectivity index (χ1v) is 23.0. The molecule has 0 radical (unpaired) electrons. The van der Waals surface area contributed by atoms with Crippen molar-refractivity contribution < 1.29 is 28.4 Å². The van der Waals surface area contributed by atoms with Crippen LogP contribution in [0.3, 0.4) is 0 Å². The fourth-order valence-corrected chi connectivity index (χ4v) is 5.32. The van der Waals surface area contributed by atoms with Gasteiger partial charge in [0.2, 0.25) is 0 Å². The predicted octanol–water partition coefficient (Wildman–Crippen LogP) is 14.3. The van der Waals surface area contributed by atoms with Crippen molar-refractivity contribution >= 4 is 0 Å². The summed E-state index contributed by atoms with van der Waals surface area (Å²) >= 11 is 0. The summed E-state index contributed by atoms with van der Waals surface area (Å²) in [6.07, 6.45) is 38.9. The van der Waals surface area contributed by atoms with E-state index in [4.69, 9.17) is 28.4 Å². The van der Waals surface area contributed by atoms with Crippen molar-refractivity contribution in [1.29, 1.82) is 0 Å². The van der Waals surface area contributed by atoms with E-state index in [2.05, 4.69) is 41.5 Å². The second-order valence-corrected chi connectivity index (χ2v) is 14.1. The van der Waals surface area contributed by atoms with E-state index >= 15 is 0 Å². The fraction of sp³-hybridized carbons (Fsp3) is 1.00. The van der Waals surface area contributed by atoms with Crippen molar-refractivity contribution in [2.75, 3.05) is 79.8 Å². The van der Waals surface area contributed by atoms with Crippen molar-refractivity contribution in [3.05, 3.63) is 0 Å². The van der Waals surface area contributed by atoms with Crippen LogP contribution in [0.4, 0.5) is 0 Å². The highest BCUT2D eigenvalue weighted by molar-refractivity contribution is 4.50. The maximum atomic E-state index is 5.33.